The molecule has 1 saturated heterocycles. The number of hydrogen-bond acceptors (Lipinski definition) is 4. The van der Waals surface area contributed by atoms with Crippen LogP contribution in [-0.2, 0) is 9.59 Å². The zero-order valence-electron chi connectivity index (χ0n) is 15.4. The molecule has 2 bridgehead atoms. The molecule has 0 aromatic heterocycles. The number of fused-ring (bicyclic) bond motifs is 2. The van der Waals surface area contributed by atoms with Crippen molar-refractivity contribution >= 4 is 29.1 Å². The highest BCUT2D eigenvalue weighted by atomic mass is 35.5. The van der Waals surface area contributed by atoms with Gasteiger partial charge in [-0.2, -0.15) is 0 Å². The molecule has 7 heteroatoms. The Hall–Kier alpha value is -1.63. The summed E-state index contributed by atoms with van der Waals surface area (Å²) in [6, 6.07) is 7.25. The first-order chi connectivity index (χ1) is 13.0. The van der Waals surface area contributed by atoms with E-state index in [9.17, 15) is 9.59 Å². The molecule has 27 heavy (non-hydrogen) atoms. The van der Waals surface area contributed by atoms with Gasteiger partial charge in [0.2, 0.25) is 11.8 Å². The molecule has 4 unspecified atom stereocenters. The lowest BCUT2D eigenvalue weighted by Gasteiger charge is -2.38. The molecule has 0 spiro atoms. The number of amides is 2. The number of carbonyl (C=O) groups is 2. The summed E-state index contributed by atoms with van der Waals surface area (Å²) >= 11 is 6.08. The van der Waals surface area contributed by atoms with Crippen molar-refractivity contribution < 1.29 is 9.59 Å². The van der Waals surface area contributed by atoms with E-state index in [2.05, 4.69) is 10.2 Å². The number of piperazine rings is 1. The SMILES string of the molecule is NC1C2CCC(C2)C1C(=O)N1CCN(CC(=O)Nc2ccccc2Cl)CC1. The van der Waals surface area contributed by atoms with Gasteiger partial charge in [-0.3, -0.25) is 14.5 Å². The predicted octanol–water partition coefficient (Wildman–Crippen LogP) is 1.80. The van der Waals surface area contributed by atoms with Gasteiger partial charge in [-0.25, -0.2) is 0 Å². The summed E-state index contributed by atoms with van der Waals surface area (Å²) in [6.07, 6.45) is 3.46. The number of benzene rings is 1. The van der Waals surface area contributed by atoms with Crippen molar-refractivity contribution in [2.75, 3.05) is 38.0 Å². The van der Waals surface area contributed by atoms with E-state index >= 15 is 0 Å². The molecule has 3 N–H and O–H groups in total. The van der Waals surface area contributed by atoms with Crippen LogP contribution in [0.2, 0.25) is 5.02 Å². The van der Waals surface area contributed by atoms with Crippen molar-refractivity contribution in [3.63, 3.8) is 0 Å². The van der Waals surface area contributed by atoms with Gasteiger partial charge >= 0.3 is 0 Å². The average molecular weight is 391 g/mol. The smallest absolute Gasteiger partial charge is 0.238 e. The van der Waals surface area contributed by atoms with Crippen molar-refractivity contribution in [2.45, 2.75) is 25.3 Å². The molecule has 1 aliphatic heterocycles. The summed E-state index contributed by atoms with van der Waals surface area (Å²) in [5.74, 6) is 1.18. The molecule has 2 aliphatic carbocycles. The fourth-order valence-electron chi connectivity index (χ4n) is 4.99. The van der Waals surface area contributed by atoms with Crippen LogP contribution >= 0.6 is 11.6 Å². The minimum absolute atomic E-state index is 0.0128. The van der Waals surface area contributed by atoms with Crippen LogP contribution in [-0.4, -0.2) is 60.4 Å². The Kier molecular flexibility index (Phi) is 5.39. The largest absolute Gasteiger partial charge is 0.340 e. The first-order valence-corrected chi connectivity index (χ1v) is 10.2. The van der Waals surface area contributed by atoms with E-state index in [0.29, 0.717) is 55.3 Å². The maximum Gasteiger partial charge on any atom is 0.238 e. The summed E-state index contributed by atoms with van der Waals surface area (Å²) in [5, 5.41) is 3.38. The molecule has 6 nitrogen and oxygen atoms in total. The normalized spacial score (nSPS) is 30.5. The summed E-state index contributed by atoms with van der Waals surface area (Å²) in [5.41, 5.74) is 6.96. The average Bonchev–Trinajstić information content (AvgIpc) is 3.25. The number of para-hydroxylation sites is 1. The molecular formula is C20H27ClN4O2. The van der Waals surface area contributed by atoms with Crippen molar-refractivity contribution in [1.82, 2.24) is 9.80 Å². The maximum absolute atomic E-state index is 12.9. The van der Waals surface area contributed by atoms with Crippen LogP contribution in [0.25, 0.3) is 0 Å². The lowest BCUT2D eigenvalue weighted by Crippen LogP contribution is -2.54. The van der Waals surface area contributed by atoms with Gasteiger partial charge in [0.1, 0.15) is 0 Å². The minimum atomic E-state index is -0.0852. The van der Waals surface area contributed by atoms with E-state index in [0.717, 1.165) is 12.8 Å². The predicted molar refractivity (Wildman–Crippen MR) is 105 cm³/mol. The Labute approximate surface area is 165 Å². The number of hydrogen-bond donors (Lipinski definition) is 2. The van der Waals surface area contributed by atoms with E-state index in [-0.39, 0.29) is 23.8 Å². The highest BCUT2D eigenvalue weighted by Gasteiger charge is 2.50. The Bertz CT molecular complexity index is 718. The zero-order chi connectivity index (χ0) is 19.0. The molecule has 1 aromatic rings. The Balaban J connectivity index is 1.26. The number of rotatable bonds is 4. The van der Waals surface area contributed by atoms with Crippen LogP contribution in [0.3, 0.4) is 0 Å². The topological polar surface area (TPSA) is 78.7 Å². The fourth-order valence-corrected chi connectivity index (χ4v) is 5.18. The van der Waals surface area contributed by atoms with Crippen LogP contribution in [0.5, 0.6) is 0 Å². The summed E-state index contributed by atoms with van der Waals surface area (Å²) in [4.78, 5) is 29.3. The first-order valence-electron chi connectivity index (χ1n) is 9.84. The monoisotopic (exact) mass is 390 g/mol. The fraction of sp³-hybridized carbons (Fsp3) is 0.600. The summed E-state index contributed by atoms with van der Waals surface area (Å²) in [7, 11) is 0. The second-order valence-corrected chi connectivity index (χ2v) is 8.47. The molecule has 1 aromatic carbocycles. The van der Waals surface area contributed by atoms with Gasteiger partial charge in [-0.05, 0) is 43.2 Å². The third-order valence-electron chi connectivity index (χ3n) is 6.46. The highest BCUT2D eigenvalue weighted by Crippen LogP contribution is 2.48. The molecule has 1 heterocycles. The molecule has 4 atom stereocenters. The second kappa shape index (κ2) is 7.78. The molecule has 4 rings (SSSR count). The summed E-state index contributed by atoms with van der Waals surface area (Å²) in [6.45, 7) is 3.05. The number of carbonyl (C=O) groups excluding carboxylic acids is 2. The molecule has 2 saturated carbocycles. The second-order valence-electron chi connectivity index (χ2n) is 8.07. The van der Waals surface area contributed by atoms with Crippen LogP contribution in [0.15, 0.2) is 24.3 Å². The highest BCUT2D eigenvalue weighted by molar-refractivity contribution is 6.33. The van der Waals surface area contributed by atoms with Crippen LogP contribution in [0.1, 0.15) is 19.3 Å². The number of halogens is 1. The van der Waals surface area contributed by atoms with E-state index in [4.69, 9.17) is 17.3 Å². The Morgan fingerprint density at radius 3 is 2.48 bits per heavy atom. The van der Waals surface area contributed by atoms with E-state index in [1.807, 2.05) is 17.0 Å². The standard InChI is InChI=1S/C20H27ClN4O2/c21-15-3-1-2-4-16(15)23-17(26)12-24-7-9-25(10-8-24)20(27)18-13-5-6-14(11-13)19(18)22/h1-4,13-14,18-19H,5-12,22H2,(H,23,26). The number of nitrogens with two attached hydrogens (primary N) is 1. The van der Waals surface area contributed by atoms with Crippen LogP contribution in [0.4, 0.5) is 5.69 Å². The maximum atomic E-state index is 12.9. The van der Waals surface area contributed by atoms with Crippen molar-refractivity contribution in [3.8, 4) is 0 Å². The third kappa shape index (κ3) is 3.84. The molecule has 146 valence electrons. The zero-order valence-corrected chi connectivity index (χ0v) is 16.2. The third-order valence-corrected chi connectivity index (χ3v) is 6.79. The van der Waals surface area contributed by atoms with Crippen molar-refractivity contribution in [3.05, 3.63) is 29.3 Å². The minimum Gasteiger partial charge on any atom is -0.340 e. The first kappa shape index (κ1) is 18.7. The number of nitrogens with one attached hydrogen (secondary N) is 1. The van der Waals surface area contributed by atoms with Gasteiger partial charge in [0.05, 0.1) is 23.2 Å². The molecule has 3 aliphatic rings. The molecule has 3 fully saturated rings. The Morgan fingerprint density at radius 1 is 1.11 bits per heavy atom. The van der Waals surface area contributed by atoms with Gasteiger partial charge in [-0.15, -0.1) is 0 Å². The molecule has 0 radical (unpaired) electrons. The van der Waals surface area contributed by atoms with Crippen LogP contribution in [0, 0.1) is 17.8 Å². The van der Waals surface area contributed by atoms with Gasteiger partial charge in [0.25, 0.3) is 0 Å². The lowest BCUT2D eigenvalue weighted by molar-refractivity contribution is -0.139. The van der Waals surface area contributed by atoms with Crippen molar-refractivity contribution in [1.29, 1.82) is 0 Å². The summed E-state index contributed by atoms with van der Waals surface area (Å²) < 4.78 is 0. The van der Waals surface area contributed by atoms with E-state index in [1.165, 1.54) is 6.42 Å². The number of nitrogens with zero attached hydrogens (tertiary/aromatic N) is 2. The number of anilines is 1. The molecule has 2 amide bonds. The van der Waals surface area contributed by atoms with Gasteiger partial charge in [0.15, 0.2) is 0 Å². The van der Waals surface area contributed by atoms with Gasteiger partial charge in [-0.1, -0.05) is 23.7 Å². The van der Waals surface area contributed by atoms with Gasteiger partial charge in [0, 0.05) is 32.2 Å². The van der Waals surface area contributed by atoms with Crippen LogP contribution < -0.4 is 11.1 Å². The van der Waals surface area contributed by atoms with E-state index in [1.54, 1.807) is 12.1 Å². The molecular weight excluding hydrogens is 364 g/mol. The lowest BCUT2D eigenvalue weighted by atomic mass is 9.84. The van der Waals surface area contributed by atoms with Gasteiger partial charge < -0.3 is 16.0 Å². The van der Waals surface area contributed by atoms with Crippen molar-refractivity contribution in [2.24, 2.45) is 23.5 Å². The Morgan fingerprint density at radius 2 is 1.81 bits per heavy atom. The van der Waals surface area contributed by atoms with E-state index < -0.39 is 0 Å². The quantitative estimate of drug-likeness (QED) is 0.821.